The first kappa shape index (κ1) is 22.8. The Morgan fingerprint density at radius 1 is 0.677 bits per heavy atom. The number of rotatable bonds is 9. The van der Waals surface area contributed by atoms with Crippen molar-refractivity contribution in [2.45, 2.75) is 19.5 Å². The number of hydrogen-bond acceptors (Lipinski definition) is 3. The zero-order valence-electron chi connectivity index (χ0n) is 17.0. The minimum absolute atomic E-state index is 0. The van der Waals surface area contributed by atoms with Gasteiger partial charge < -0.3 is 18.6 Å². The van der Waals surface area contributed by atoms with Crippen molar-refractivity contribution >= 4 is 35.0 Å². The highest BCUT2D eigenvalue weighted by Crippen LogP contribution is 2.17. The maximum atomic E-state index is 8.70. The number of fused-ring (bicyclic) bond motifs is 1. The van der Waals surface area contributed by atoms with Crippen molar-refractivity contribution in [3.8, 4) is 11.5 Å². The molecule has 3 aromatic carbocycles. The van der Waals surface area contributed by atoms with Gasteiger partial charge in [0.1, 0.15) is 18.1 Å². The van der Waals surface area contributed by atoms with Crippen molar-refractivity contribution < 1.29 is 9.47 Å². The second-order valence-corrected chi connectivity index (χ2v) is 7.37. The second kappa shape index (κ2) is 10.9. The van der Waals surface area contributed by atoms with Crippen LogP contribution in [0, 0.1) is 5.41 Å². The van der Waals surface area contributed by atoms with Crippen LogP contribution in [0.5, 0.6) is 11.5 Å². The van der Waals surface area contributed by atoms with Gasteiger partial charge in [-0.05, 0) is 55.0 Å². The SMILES string of the molecule is Cl.N=c1n(CCCOc2ccc(Cl)cc2)c2ccccc2n1CCOc1ccccc1. The quantitative estimate of drug-likeness (QED) is 0.335. The molecule has 0 aliphatic rings. The smallest absolute Gasteiger partial charge is 0.203 e. The van der Waals surface area contributed by atoms with E-state index in [1.54, 1.807) is 0 Å². The number of halogens is 2. The lowest BCUT2D eigenvalue weighted by molar-refractivity contribution is 0.292. The molecule has 4 aromatic rings. The van der Waals surface area contributed by atoms with Gasteiger partial charge in [0.05, 0.1) is 24.2 Å². The molecule has 0 unspecified atom stereocenters. The van der Waals surface area contributed by atoms with Crippen LogP contribution in [-0.4, -0.2) is 22.3 Å². The molecule has 0 aliphatic heterocycles. The van der Waals surface area contributed by atoms with Crippen LogP contribution in [-0.2, 0) is 13.1 Å². The first-order valence-corrected chi connectivity index (χ1v) is 10.4. The Morgan fingerprint density at radius 3 is 1.90 bits per heavy atom. The van der Waals surface area contributed by atoms with E-state index in [0.29, 0.717) is 36.9 Å². The third-order valence-corrected chi connectivity index (χ3v) is 5.16. The maximum absolute atomic E-state index is 8.70. The summed E-state index contributed by atoms with van der Waals surface area (Å²) in [6, 6.07) is 25.2. The Hall–Kier alpha value is -2.89. The molecule has 0 saturated heterocycles. The van der Waals surface area contributed by atoms with Crippen LogP contribution in [0.2, 0.25) is 5.02 Å². The van der Waals surface area contributed by atoms with E-state index in [0.717, 1.165) is 29.0 Å². The van der Waals surface area contributed by atoms with E-state index in [1.165, 1.54) is 0 Å². The molecule has 5 nitrogen and oxygen atoms in total. The summed E-state index contributed by atoms with van der Waals surface area (Å²) in [5.74, 6) is 1.64. The predicted octanol–water partition coefficient (Wildman–Crippen LogP) is 5.55. The Bertz CT molecular complexity index is 1160. The molecule has 0 atom stereocenters. The predicted molar refractivity (Wildman–Crippen MR) is 127 cm³/mol. The van der Waals surface area contributed by atoms with E-state index in [9.17, 15) is 0 Å². The van der Waals surface area contributed by atoms with Crippen LogP contribution in [0.15, 0.2) is 78.9 Å². The van der Waals surface area contributed by atoms with Crippen molar-refractivity contribution in [3.05, 3.63) is 89.5 Å². The highest BCUT2D eigenvalue weighted by molar-refractivity contribution is 6.30. The van der Waals surface area contributed by atoms with E-state index >= 15 is 0 Å². The molecule has 0 aliphatic carbocycles. The van der Waals surface area contributed by atoms with Crippen LogP contribution in [0.1, 0.15) is 6.42 Å². The number of benzene rings is 3. The average molecular weight is 458 g/mol. The molecule has 0 saturated carbocycles. The monoisotopic (exact) mass is 457 g/mol. The molecule has 1 heterocycles. The van der Waals surface area contributed by atoms with Crippen molar-refractivity contribution in [2.75, 3.05) is 13.2 Å². The number of ether oxygens (including phenoxy) is 2. The van der Waals surface area contributed by atoms with Crippen LogP contribution in [0.25, 0.3) is 11.0 Å². The molecule has 0 bridgehead atoms. The van der Waals surface area contributed by atoms with Gasteiger partial charge in [0.15, 0.2) is 0 Å². The zero-order valence-corrected chi connectivity index (χ0v) is 18.6. The number of nitrogens with one attached hydrogen (secondary N) is 1. The lowest BCUT2D eigenvalue weighted by Crippen LogP contribution is -2.27. The molecule has 0 amide bonds. The van der Waals surface area contributed by atoms with Gasteiger partial charge in [-0.15, -0.1) is 12.4 Å². The van der Waals surface area contributed by atoms with Gasteiger partial charge in [0, 0.05) is 11.6 Å². The third kappa shape index (κ3) is 5.63. The van der Waals surface area contributed by atoms with Gasteiger partial charge in [-0.2, -0.15) is 0 Å². The van der Waals surface area contributed by atoms with E-state index < -0.39 is 0 Å². The van der Waals surface area contributed by atoms with Crippen LogP contribution < -0.4 is 15.1 Å². The topological polar surface area (TPSA) is 52.2 Å². The fraction of sp³-hybridized carbons (Fsp3) is 0.208. The highest BCUT2D eigenvalue weighted by atomic mass is 35.5. The van der Waals surface area contributed by atoms with Gasteiger partial charge >= 0.3 is 0 Å². The lowest BCUT2D eigenvalue weighted by atomic mass is 10.3. The molecule has 0 spiro atoms. The van der Waals surface area contributed by atoms with Crippen molar-refractivity contribution in [2.24, 2.45) is 0 Å². The largest absolute Gasteiger partial charge is 0.494 e. The number of nitrogens with zero attached hydrogens (tertiary/aromatic N) is 2. The van der Waals surface area contributed by atoms with Gasteiger partial charge in [0.2, 0.25) is 5.62 Å². The van der Waals surface area contributed by atoms with Gasteiger partial charge in [-0.25, -0.2) is 0 Å². The molecular formula is C24H25Cl2N3O2. The first-order chi connectivity index (χ1) is 14.7. The Kier molecular flexibility index (Phi) is 8.04. The van der Waals surface area contributed by atoms with Crippen LogP contribution in [0.4, 0.5) is 0 Å². The van der Waals surface area contributed by atoms with Crippen LogP contribution >= 0.6 is 24.0 Å². The summed E-state index contributed by atoms with van der Waals surface area (Å²) in [4.78, 5) is 0. The summed E-state index contributed by atoms with van der Waals surface area (Å²) in [7, 11) is 0. The summed E-state index contributed by atoms with van der Waals surface area (Å²) in [5, 5.41) is 9.39. The normalized spacial score (nSPS) is 10.6. The molecular weight excluding hydrogens is 433 g/mol. The van der Waals surface area contributed by atoms with Gasteiger partial charge in [-0.1, -0.05) is 41.9 Å². The summed E-state index contributed by atoms with van der Waals surface area (Å²) < 4.78 is 15.7. The summed E-state index contributed by atoms with van der Waals surface area (Å²) in [5.41, 5.74) is 2.56. The highest BCUT2D eigenvalue weighted by Gasteiger charge is 2.10. The zero-order chi connectivity index (χ0) is 20.8. The Morgan fingerprint density at radius 2 is 1.23 bits per heavy atom. The van der Waals surface area contributed by atoms with Crippen molar-refractivity contribution in [1.29, 1.82) is 5.41 Å². The Balaban J connectivity index is 0.00000272. The fourth-order valence-electron chi connectivity index (χ4n) is 3.46. The molecule has 4 rings (SSSR count). The van der Waals surface area contributed by atoms with Gasteiger partial charge in [0.25, 0.3) is 0 Å². The number of para-hydroxylation sites is 3. The van der Waals surface area contributed by atoms with E-state index in [4.69, 9.17) is 26.5 Å². The molecule has 162 valence electrons. The summed E-state index contributed by atoms with van der Waals surface area (Å²) in [6.07, 6.45) is 0.799. The average Bonchev–Trinajstić information content (AvgIpc) is 3.04. The standard InChI is InChI=1S/C24H24ClN3O2.ClH/c25-19-11-13-21(14-12-19)29-17-6-15-27-22-9-4-5-10-23(22)28(24(27)26)16-18-30-20-7-2-1-3-8-20;/h1-5,7-14,26H,6,15-18H2;1H. The molecule has 31 heavy (non-hydrogen) atoms. The maximum Gasteiger partial charge on any atom is 0.203 e. The van der Waals surface area contributed by atoms with Crippen molar-refractivity contribution in [3.63, 3.8) is 0 Å². The molecule has 1 N–H and O–H groups in total. The van der Waals surface area contributed by atoms with E-state index in [-0.39, 0.29) is 12.4 Å². The lowest BCUT2D eigenvalue weighted by Gasteiger charge is -2.08. The number of aryl methyl sites for hydroxylation is 1. The van der Waals surface area contributed by atoms with E-state index in [2.05, 4.69) is 12.1 Å². The van der Waals surface area contributed by atoms with Crippen molar-refractivity contribution in [1.82, 2.24) is 9.13 Å². The number of hydrogen-bond donors (Lipinski definition) is 1. The summed E-state index contributed by atoms with van der Waals surface area (Å²) >= 11 is 5.91. The number of imidazole rings is 1. The number of aromatic nitrogens is 2. The second-order valence-electron chi connectivity index (χ2n) is 6.93. The minimum Gasteiger partial charge on any atom is -0.494 e. The molecule has 0 radical (unpaired) electrons. The van der Waals surface area contributed by atoms with Gasteiger partial charge in [-0.3, -0.25) is 5.41 Å². The van der Waals surface area contributed by atoms with E-state index in [1.807, 2.05) is 75.9 Å². The fourth-order valence-corrected chi connectivity index (χ4v) is 3.59. The summed E-state index contributed by atoms with van der Waals surface area (Å²) in [6.45, 7) is 2.40. The minimum atomic E-state index is 0. The third-order valence-electron chi connectivity index (χ3n) is 4.91. The molecule has 1 aromatic heterocycles. The first-order valence-electron chi connectivity index (χ1n) is 10.0. The Labute approximate surface area is 192 Å². The molecule has 7 heteroatoms. The van der Waals surface area contributed by atoms with Crippen LogP contribution in [0.3, 0.4) is 0 Å². The molecule has 0 fully saturated rings.